The van der Waals surface area contributed by atoms with Crippen molar-refractivity contribution in [3.8, 4) is 11.5 Å². The zero-order chi connectivity index (χ0) is 14.1. The molecule has 0 amide bonds. The van der Waals surface area contributed by atoms with E-state index < -0.39 is 5.97 Å². The van der Waals surface area contributed by atoms with Crippen molar-refractivity contribution in [2.75, 3.05) is 13.2 Å². The van der Waals surface area contributed by atoms with Crippen molar-refractivity contribution in [2.45, 2.75) is 26.2 Å². The summed E-state index contributed by atoms with van der Waals surface area (Å²) in [4.78, 5) is 22.6. The summed E-state index contributed by atoms with van der Waals surface area (Å²) in [6, 6.07) is 4.87. The molecule has 0 heterocycles. The number of hydrogen-bond donors (Lipinski definition) is 1. The van der Waals surface area contributed by atoms with Crippen molar-refractivity contribution in [1.29, 1.82) is 0 Å². The third kappa shape index (κ3) is 4.71. The molecular weight excluding hydrogens is 248 g/mol. The zero-order valence-corrected chi connectivity index (χ0v) is 10.9. The minimum atomic E-state index is -0.441. The summed E-state index contributed by atoms with van der Waals surface area (Å²) in [6.45, 7) is 2.26. The van der Waals surface area contributed by atoms with Gasteiger partial charge in [0.25, 0.3) is 0 Å². The number of esters is 1. The second-order valence-corrected chi connectivity index (χ2v) is 3.88. The van der Waals surface area contributed by atoms with Gasteiger partial charge >= 0.3 is 5.97 Å². The van der Waals surface area contributed by atoms with Gasteiger partial charge in [-0.15, -0.1) is 0 Å². The summed E-state index contributed by atoms with van der Waals surface area (Å²) in [7, 11) is 0. The van der Waals surface area contributed by atoms with Crippen LogP contribution in [0.1, 0.15) is 36.5 Å². The molecule has 0 aliphatic carbocycles. The van der Waals surface area contributed by atoms with Crippen LogP contribution in [0, 0.1) is 0 Å². The Hall–Kier alpha value is -1.88. The molecule has 1 aromatic carbocycles. The Balaban J connectivity index is 2.79. The van der Waals surface area contributed by atoms with E-state index in [2.05, 4.69) is 0 Å². The van der Waals surface area contributed by atoms with Crippen LogP contribution >= 0.6 is 0 Å². The lowest BCUT2D eigenvalue weighted by atomic mass is 10.2. The highest BCUT2D eigenvalue weighted by molar-refractivity contribution is 5.84. The molecule has 19 heavy (non-hydrogen) atoms. The van der Waals surface area contributed by atoms with Gasteiger partial charge in [0.2, 0.25) is 0 Å². The van der Waals surface area contributed by atoms with Gasteiger partial charge in [-0.1, -0.05) is 6.07 Å². The summed E-state index contributed by atoms with van der Waals surface area (Å²) < 4.78 is 10.5. The van der Waals surface area contributed by atoms with Crippen LogP contribution in [0.5, 0.6) is 11.5 Å². The first-order valence-corrected chi connectivity index (χ1v) is 6.25. The Morgan fingerprint density at radius 1 is 1.37 bits per heavy atom. The van der Waals surface area contributed by atoms with E-state index in [9.17, 15) is 9.59 Å². The standard InChI is InChI=1S/C14H18O5/c1-2-18-12-7-5-6-11(10-16)14(12)19-13(17)8-3-4-9-15/h5-7,10,15H,2-4,8-9H2,1H3. The molecule has 0 aliphatic heterocycles. The highest BCUT2D eigenvalue weighted by Gasteiger charge is 2.14. The van der Waals surface area contributed by atoms with Crippen LogP contribution in [0.2, 0.25) is 0 Å². The number of benzene rings is 1. The van der Waals surface area contributed by atoms with E-state index in [1.54, 1.807) is 25.1 Å². The number of carbonyl (C=O) groups is 2. The minimum Gasteiger partial charge on any atom is -0.490 e. The Morgan fingerprint density at radius 3 is 2.79 bits per heavy atom. The average Bonchev–Trinajstić information content (AvgIpc) is 2.41. The topological polar surface area (TPSA) is 72.8 Å². The summed E-state index contributed by atoms with van der Waals surface area (Å²) in [5.41, 5.74) is 0.279. The lowest BCUT2D eigenvalue weighted by Gasteiger charge is -2.12. The minimum absolute atomic E-state index is 0.0440. The predicted octanol–water partition coefficient (Wildman–Crippen LogP) is 1.97. The number of aldehydes is 1. The maximum absolute atomic E-state index is 11.6. The molecular formula is C14H18O5. The highest BCUT2D eigenvalue weighted by atomic mass is 16.6. The Kier molecular flexibility index (Phi) is 6.60. The van der Waals surface area contributed by atoms with Crippen molar-refractivity contribution in [3.05, 3.63) is 23.8 Å². The normalized spacial score (nSPS) is 10.0. The van der Waals surface area contributed by atoms with E-state index in [1.165, 1.54) is 0 Å². The molecule has 5 nitrogen and oxygen atoms in total. The Bertz CT molecular complexity index is 428. The molecule has 104 valence electrons. The summed E-state index contributed by atoms with van der Waals surface area (Å²) >= 11 is 0. The smallest absolute Gasteiger partial charge is 0.311 e. The number of ether oxygens (including phenoxy) is 2. The summed E-state index contributed by atoms with van der Waals surface area (Å²) in [5, 5.41) is 8.65. The van der Waals surface area contributed by atoms with Gasteiger partial charge in [-0.2, -0.15) is 0 Å². The molecule has 1 N–H and O–H groups in total. The number of unbranched alkanes of at least 4 members (excludes halogenated alkanes) is 1. The van der Waals surface area contributed by atoms with E-state index in [1.807, 2.05) is 0 Å². The molecule has 0 unspecified atom stereocenters. The van der Waals surface area contributed by atoms with Gasteiger partial charge < -0.3 is 14.6 Å². The molecule has 5 heteroatoms. The fourth-order valence-corrected chi connectivity index (χ4v) is 1.55. The van der Waals surface area contributed by atoms with E-state index in [0.717, 1.165) is 0 Å². The second kappa shape index (κ2) is 8.26. The zero-order valence-electron chi connectivity index (χ0n) is 10.9. The van der Waals surface area contributed by atoms with Crippen molar-refractivity contribution in [2.24, 2.45) is 0 Å². The lowest BCUT2D eigenvalue weighted by molar-refractivity contribution is -0.134. The number of para-hydroxylation sites is 1. The second-order valence-electron chi connectivity index (χ2n) is 3.88. The molecule has 0 fully saturated rings. The van der Waals surface area contributed by atoms with Crippen molar-refractivity contribution < 1.29 is 24.2 Å². The molecule has 1 aromatic rings. The monoisotopic (exact) mass is 266 g/mol. The molecule has 1 rings (SSSR count). The molecule has 0 bridgehead atoms. The number of aliphatic hydroxyl groups excluding tert-OH is 1. The van der Waals surface area contributed by atoms with Gasteiger partial charge in [0.15, 0.2) is 17.8 Å². The van der Waals surface area contributed by atoms with Crippen molar-refractivity contribution in [1.82, 2.24) is 0 Å². The van der Waals surface area contributed by atoms with Crippen LogP contribution in [0.15, 0.2) is 18.2 Å². The van der Waals surface area contributed by atoms with Crippen LogP contribution in [0.3, 0.4) is 0 Å². The van der Waals surface area contributed by atoms with E-state index in [-0.39, 0.29) is 24.3 Å². The van der Waals surface area contributed by atoms with Crippen LogP contribution in [0.25, 0.3) is 0 Å². The molecule has 0 aromatic heterocycles. The van der Waals surface area contributed by atoms with Gasteiger partial charge in [-0.25, -0.2) is 0 Å². The fraction of sp³-hybridized carbons (Fsp3) is 0.429. The number of rotatable bonds is 8. The molecule has 0 saturated carbocycles. The van der Waals surface area contributed by atoms with Crippen LogP contribution in [-0.4, -0.2) is 30.6 Å². The Morgan fingerprint density at radius 2 is 2.16 bits per heavy atom. The summed E-state index contributed by atoms with van der Waals surface area (Å²) in [5.74, 6) is 0.0969. The van der Waals surface area contributed by atoms with Crippen LogP contribution < -0.4 is 9.47 Å². The first kappa shape index (κ1) is 15.2. The lowest BCUT2D eigenvalue weighted by Crippen LogP contribution is -2.10. The maximum Gasteiger partial charge on any atom is 0.311 e. The third-order valence-electron chi connectivity index (χ3n) is 2.44. The highest BCUT2D eigenvalue weighted by Crippen LogP contribution is 2.30. The first-order chi connectivity index (χ1) is 9.22. The van der Waals surface area contributed by atoms with Gasteiger partial charge in [-0.05, 0) is 31.9 Å². The number of carbonyl (C=O) groups excluding carboxylic acids is 2. The molecule has 0 spiro atoms. The van der Waals surface area contributed by atoms with Gasteiger partial charge in [0.1, 0.15) is 0 Å². The molecule has 0 radical (unpaired) electrons. The molecule has 0 saturated heterocycles. The number of hydrogen-bond acceptors (Lipinski definition) is 5. The Labute approximate surface area is 112 Å². The number of aliphatic hydroxyl groups is 1. The van der Waals surface area contributed by atoms with Crippen LogP contribution in [0.4, 0.5) is 0 Å². The third-order valence-corrected chi connectivity index (χ3v) is 2.44. The van der Waals surface area contributed by atoms with E-state index in [4.69, 9.17) is 14.6 Å². The summed E-state index contributed by atoms with van der Waals surface area (Å²) in [6.07, 6.45) is 1.91. The van der Waals surface area contributed by atoms with Gasteiger partial charge in [0, 0.05) is 13.0 Å². The van der Waals surface area contributed by atoms with Gasteiger partial charge in [-0.3, -0.25) is 9.59 Å². The van der Waals surface area contributed by atoms with Crippen LogP contribution in [-0.2, 0) is 4.79 Å². The quantitative estimate of drug-likeness (QED) is 0.337. The van der Waals surface area contributed by atoms with Gasteiger partial charge in [0.05, 0.1) is 12.2 Å². The van der Waals surface area contributed by atoms with Crippen molar-refractivity contribution in [3.63, 3.8) is 0 Å². The SMILES string of the molecule is CCOc1cccc(C=O)c1OC(=O)CCCCO. The molecule has 0 atom stereocenters. The first-order valence-electron chi connectivity index (χ1n) is 6.25. The maximum atomic E-state index is 11.6. The predicted molar refractivity (Wildman–Crippen MR) is 69.6 cm³/mol. The largest absolute Gasteiger partial charge is 0.490 e. The fourth-order valence-electron chi connectivity index (χ4n) is 1.55. The van der Waals surface area contributed by atoms with E-state index in [0.29, 0.717) is 31.5 Å². The molecule has 0 aliphatic rings. The van der Waals surface area contributed by atoms with Crippen molar-refractivity contribution >= 4 is 12.3 Å². The van der Waals surface area contributed by atoms with E-state index >= 15 is 0 Å². The average molecular weight is 266 g/mol.